The largest absolute Gasteiger partial charge is 0.356 e. The molecule has 0 bridgehead atoms. The zero-order valence-corrected chi connectivity index (χ0v) is 18.4. The van der Waals surface area contributed by atoms with Crippen molar-refractivity contribution in [2.45, 2.75) is 72.3 Å². The van der Waals surface area contributed by atoms with E-state index >= 15 is 0 Å². The van der Waals surface area contributed by atoms with Crippen molar-refractivity contribution in [1.82, 2.24) is 16.0 Å². The van der Waals surface area contributed by atoms with Crippen LogP contribution in [-0.2, 0) is 4.79 Å². The van der Waals surface area contributed by atoms with Gasteiger partial charge in [-0.05, 0) is 43.9 Å². The molecule has 0 saturated heterocycles. The fourth-order valence-corrected chi connectivity index (χ4v) is 3.23. The van der Waals surface area contributed by atoms with E-state index in [2.05, 4.69) is 41.7 Å². The highest BCUT2D eigenvalue weighted by Crippen LogP contribution is 2.45. The first-order valence-electron chi connectivity index (χ1n) is 9.14. The minimum atomic E-state index is 0. The molecule has 0 aromatic carbocycles. The summed E-state index contributed by atoms with van der Waals surface area (Å²) < 4.78 is 0. The van der Waals surface area contributed by atoms with Gasteiger partial charge >= 0.3 is 0 Å². The molecule has 1 fully saturated rings. The van der Waals surface area contributed by atoms with Crippen LogP contribution in [0.5, 0.6) is 0 Å². The molecule has 0 aromatic heterocycles. The second-order valence-corrected chi connectivity index (χ2v) is 7.43. The van der Waals surface area contributed by atoms with Crippen molar-refractivity contribution >= 4 is 35.8 Å². The van der Waals surface area contributed by atoms with E-state index in [4.69, 9.17) is 0 Å². The van der Waals surface area contributed by atoms with E-state index in [1.807, 2.05) is 6.92 Å². The highest BCUT2D eigenvalue weighted by molar-refractivity contribution is 14.0. The van der Waals surface area contributed by atoms with Gasteiger partial charge in [-0.25, -0.2) is 0 Å². The quantitative estimate of drug-likeness (QED) is 0.286. The SMILES string of the molecule is CCC(C)NC(=O)CCNC(=NC)NCC1(CC(C)C)CCC1.I. The van der Waals surface area contributed by atoms with Crippen molar-refractivity contribution in [1.29, 1.82) is 0 Å². The Balaban J connectivity index is 0.00000529. The average molecular weight is 452 g/mol. The molecular weight excluding hydrogens is 415 g/mol. The fourth-order valence-electron chi connectivity index (χ4n) is 3.23. The second kappa shape index (κ2) is 11.9. The maximum absolute atomic E-state index is 11.8. The summed E-state index contributed by atoms with van der Waals surface area (Å²) in [5, 5.41) is 9.67. The van der Waals surface area contributed by atoms with Gasteiger partial charge < -0.3 is 16.0 Å². The Morgan fingerprint density at radius 3 is 2.33 bits per heavy atom. The lowest BCUT2D eigenvalue weighted by atomic mass is 9.64. The minimum Gasteiger partial charge on any atom is -0.356 e. The monoisotopic (exact) mass is 452 g/mol. The van der Waals surface area contributed by atoms with E-state index in [1.54, 1.807) is 7.05 Å². The first-order valence-corrected chi connectivity index (χ1v) is 9.14. The van der Waals surface area contributed by atoms with Gasteiger partial charge in [-0.1, -0.05) is 27.2 Å². The molecule has 1 aliphatic carbocycles. The van der Waals surface area contributed by atoms with E-state index in [0.717, 1.165) is 24.8 Å². The van der Waals surface area contributed by atoms with Crippen molar-refractivity contribution < 1.29 is 4.79 Å². The first kappa shape index (κ1) is 23.5. The van der Waals surface area contributed by atoms with E-state index < -0.39 is 0 Å². The molecule has 0 heterocycles. The molecule has 1 atom stereocenters. The summed E-state index contributed by atoms with van der Waals surface area (Å²) in [6.07, 6.45) is 6.67. The van der Waals surface area contributed by atoms with Crippen LogP contribution in [0.1, 0.15) is 66.2 Å². The van der Waals surface area contributed by atoms with E-state index in [0.29, 0.717) is 18.4 Å². The van der Waals surface area contributed by atoms with E-state index in [1.165, 1.54) is 25.7 Å². The standard InChI is InChI=1S/C18H36N4O.HI/c1-6-15(4)22-16(23)8-11-20-17(19-5)21-13-18(9-7-10-18)12-14(2)3;/h14-15H,6-13H2,1-5H3,(H,22,23)(H2,19,20,21);1H. The van der Waals surface area contributed by atoms with Crippen LogP contribution in [0.2, 0.25) is 0 Å². The van der Waals surface area contributed by atoms with Crippen LogP contribution in [0.15, 0.2) is 4.99 Å². The Hall–Kier alpha value is -0.530. The number of nitrogens with one attached hydrogen (secondary N) is 3. The predicted octanol–water partition coefficient (Wildman–Crippen LogP) is 3.29. The highest BCUT2D eigenvalue weighted by atomic mass is 127. The summed E-state index contributed by atoms with van der Waals surface area (Å²) in [5.74, 6) is 1.63. The van der Waals surface area contributed by atoms with Crippen molar-refractivity contribution in [3.8, 4) is 0 Å². The molecule has 1 amide bonds. The van der Waals surface area contributed by atoms with Crippen molar-refractivity contribution in [2.24, 2.45) is 16.3 Å². The van der Waals surface area contributed by atoms with Gasteiger partial charge in [0.05, 0.1) is 0 Å². The number of carbonyl (C=O) groups excluding carboxylic acids is 1. The number of carbonyl (C=O) groups is 1. The van der Waals surface area contributed by atoms with Crippen LogP contribution in [0, 0.1) is 11.3 Å². The third kappa shape index (κ3) is 8.53. The van der Waals surface area contributed by atoms with Gasteiger partial charge in [0, 0.05) is 32.6 Å². The molecule has 0 spiro atoms. The van der Waals surface area contributed by atoms with Crippen molar-refractivity contribution in [3.05, 3.63) is 0 Å². The smallest absolute Gasteiger partial charge is 0.221 e. The maximum atomic E-state index is 11.8. The molecule has 0 aromatic rings. The molecule has 5 nitrogen and oxygen atoms in total. The average Bonchev–Trinajstić information content (AvgIpc) is 2.46. The second-order valence-electron chi connectivity index (χ2n) is 7.43. The number of amides is 1. The highest BCUT2D eigenvalue weighted by Gasteiger charge is 2.37. The van der Waals surface area contributed by atoms with Crippen LogP contribution in [0.3, 0.4) is 0 Å². The summed E-state index contributed by atoms with van der Waals surface area (Å²) in [5.41, 5.74) is 0.444. The molecule has 142 valence electrons. The van der Waals surface area contributed by atoms with Crippen LogP contribution >= 0.6 is 24.0 Å². The Morgan fingerprint density at radius 1 is 1.21 bits per heavy atom. The van der Waals surface area contributed by atoms with Gasteiger partial charge in [0.1, 0.15) is 0 Å². The van der Waals surface area contributed by atoms with Crippen LogP contribution in [0.4, 0.5) is 0 Å². The number of aliphatic imine (C=N–C) groups is 1. The number of nitrogens with zero attached hydrogens (tertiary/aromatic N) is 1. The lowest BCUT2D eigenvalue weighted by molar-refractivity contribution is -0.121. The first-order chi connectivity index (χ1) is 10.9. The molecule has 24 heavy (non-hydrogen) atoms. The zero-order valence-electron chi connectivity index (χ0n) is 16.1. The summed E-state index contributed by atoms with van der Waals surface area (Å²) in [6.45, 7) is 10.3. The molecule has 3 N–H and O–H groups in total. The lowest BCUT2D eigenvalue weighted by Crippen LogP contribution is -2.47. The molecule has 0 aliphatic heterocycles. The van der Waals surface area contributed by atoms with Crippen molar-refractivity contribution in [3.63, 3.8) is 0 Å². The number of hydrogen-bond donors (Lipinski definition) is 3. The van der Waals surface area contributed by atoms with Gasteiger partial charge in [-0.2, -0.15) is 0 Å². The van der Waals surface area contributed by atoms with Crippen LogP contribution in [-0.4, -0.2) is 38.0 Å². The fraction of sp³-hybridized carbons (Fsp3) is 0.889. The van der Waals surface area contributed by atoms with Gasteiger partial charge in [-0.3, -0.25) is 9.79 Å². The minimum absolute atomic E-state index is 0. The topological polar surface area (TPSA) is 65.5 Å². The van der Waals surface area contributed by atoms with E-state index in [-0.39, 0.29) is 35.9 Å². The number of guanidine groups is 1. The van der Waals surface area contributed by atoms with Crippen molar-refractivity contribution in [2.75, 3.05) is 20.1 Å². The van der Waals surface area contributed by atoms with Gasteiger partial charge in [-0.15, -0.1) is 24.0 Å². The maximum Gasteiger partial charge on any atom is 0.221 e. The number of rotatable bonds is 9. The molecule has 1 aliphatic rings. The summed E-state index contributed by atoms with van der Waals surface area (Å²) in [6, 6.07) is 0.245. The van der Waals surface area contributed by atoms with Crippen LogP contribution in [0.25, 0.3) is 0 Å². The predicted molar refractivity (Wildman–Crippen MR) is 113 cm³/mol. The lowest BCUT2D eigenvalue weighted by Gasteiger charge is -2.43. The third-order valence-electron chi connectivity index (χ3n) is 4.77. The Kier molecular flexibility index (Phi) is 11.7. The number of hydrogen-bond acceptors (Lipinski definition) is 2. The Labute approximate surface area is 165 Å². The molecule has 1 unspecified atom stereocenters. The third-order valence-corrected chi connectivity index (χ3v) is 4.77. The number of halogens is 1. The summed E-state index contributed by atoms with van der Waals surface area (Å²) >= 11 is 0. The molecule has 1 rings (SSSR count). The molecule has 0 radical (unpaired) electrons. The van der Waals surface area contributed by atoms with Crippen LogP contribution < -0.4 is 16.0 Å². The summed E-state index contributed by atoms with van der Waals surface area (Å²) in [4.78, 5) is 16.0. The Bertz CT molecular complexity index is 394. The Morgan fingerprint density at radius 2 is 1.88 bits per heavy atom. The zero-order chi connectivity index (χ0) is 17.3. The van der Waals surface area contributed by atoms with E-state index in [9.17, 15) is 4.79 Å². The normalized spacial score (nSPS) is 17.5. The van der Waals surface area contributed by atoms with Gasteiger partial charge in [0.2, 0.25) is 5.91 Å². The molecule has 1 saturated carbocycles. The van der Waals surface area contributed by atoms with Gasteiger partial charge in [0.25, 0.3) is 0 Å². The molecular formula is C18H37IN4O. The summed E-state index contributed by atoms with van der Waals surface area (Å²) in [7, 11) is 1.78. The molecule has 6 heteroatoms. The van der Waals surface area contributed by atoms with Gasteiger partial charge in [0.15, 0.2) is 5.96 Å².